The van der Waals surface area contributed by atoms with E-state index >= 15 is 0 Å². The van der Waals surface area contributed by atoms with Crippen molar-refractivity contribution >= 4 is 66.6 Å². The highest BCUT2D eigenvalue weighted by Gasteiger charge is 2.13. The summed E-state index contributed by atoms with van der Waals surface area (Å²) in [5.41, 5.74) is 3.20. The van der Waals surface area contributed by atoms with Crippen LogP contribution in [0.5, 0.6) is 11.5 Å². The van der Waals surface area contributed by atoms with E-state index in [2.05, 4.69) is 86.3 Å². The Morgan fingerprint density at radius 1 is 1.00 bits per heavy atom. The molecular weight excluding hydrogens is 589 g/mol. The quantitative estimate of drug-likeness (QED) is 0.215. The molecule has 0 fully saturated rings. The van der Waals surface area contributed by atoms with Gasteiger partial charge >= 0.3 is 0 Å². The summed E-state index contributed by atoms with van der Waals surface area (Å²) >= 11 is 11.9. The lowest BCUT2D eigenvalue weighted by molar-refractivity contribution is 0.283. The molecule has 0 bridgehead atoms. The molecule has 0 aliphatic heterocycles. The molecule has 0 saturated carbocycles. The number of benzene rings is 4. The van der Waals surface area contributed by atoms with E-state index in [0.717, 1.165) is 36.4 Å². The zero-order valence-electron chi connectivity index (χ0n) is 16.8. The second-order valence-electron chi connectivity index (χ2n) is 7.02. The minimum absolute atomic E-state index is 0.475. The maximum Gasteiger partial charge on any atom is 0.174 e. The minimum Gasteiger partial charge on any atom is -0.493 e. The highest BCUT2D eigenvalue weighted by molar-refractivity contribution is 14.1. The Bertz CT molecular complexity index is 1230. The van der Waals surface area contributed by atoms with E-state index in [1.165, 1.54) is 10.8 Å². The van der Waals surface area contributed by atoms with Crippen molar-refractivity contribution in [3.63, 3.8) is 0 Å². The molecule has 3 nitrogen and oxygen atoms in total. The number of rotatable bonds is 7. The van der Waals surface area contributed by atoms with Gasteiger partial charge < -0.3 is 14.8 Å². The summed E-state index contributed by atoms with van der Waals surface area (Å²) in [5.74, 6) is 1.48. The smallest absolute Gasteiger partial charge is 0.174 e. The molecule has 6 heteroatoms. The van der Waals surface area contributed by atoms with Gasteiger partial charge in [-0.3, -0.25) is 0 Å². The lowest BCUT2D eigenvalue weighted by Gasteiger charge is -2.16. The molecule has 158 valence electrons. The molecular formula is C25H20BrClINO2. The van der Waals surface area contributed by atoms with E-state index in [1.807, 2.05) is 30.3 Å². The molecule has 0 aromatic heterocycles. The predicted octanol–water partition coefficient (Wildman–Crippen LogP) is 8.06. The number of hydrogen-bond donors (Lipinski definition) is 1. The van der Waals surface area contributed by atoms with E-state index in [4.69, 9.17) is 21.1 Å². The number of anilines is 1. The topological polar surface area (TPSA) is 30.5 Å². The van der Waals surface area contributed by atoms with Crippen LogP contribution >= 0.6 is 50.1 Å². The highest BCUT2D eigenvalue weighted by Crippen LogP contribution is 2.35. The van der Waals surface area contributed by atoms with Gasteiger partial charge in [0.15, 0.2) is 11.5 Å². The molecule has 0 atom stereocenters. The van der Waals surface area contributed by atoms with E-state index in [0.29, 0.717) is 18.2 Å². The number of fused-ring (bicyclic) bond motifs is 1. The molecule has 0 aliphatic carbocycles. The Labute approximate surface area is 209 Å². The van der Waals surface area contributed by atoms with Crippen molar-refractivity contribution in [3.8, 4) is 11.5 Å². The normalized spacial score (nSPS) is 10.8. The van der Waals surface area contributed by atoms with Crippen LogP contribution in [-0.4, -0.2) is 7.11 Å². The summed E-state index contributed by atoms with van der Waals surface area (Å²) in [6, 6.07) is 24.5. The lowest BCUT2D eigenvalue weighted by atomic mass is 10.1. The molecule has 0 spiro atoms. The Kier molecular flexibility index (Phi) is 7.25. The van der Waals surface area contributed by atoms with Crippen LogP contribution in [0.1, 0.15) is 11.1 Å². The first-order valence-corrected chi connectivity index (χ1v) is 11.9. The van der Waals surface area contributed by atoms with Gasteiger partial charge in [-0.1, -0.05) is 54.1 Å². The van der Waals surface area contributed by atoms with Crippen molar-refractivity contribution in [2.75, 3.05) is 12.4 Å². The molecule has 31 heavy (non-hydrogen) atoms. The van der Waals surface area contributed by atoms with Gasteiger partial charge in [-0.05, 0) is 90.8 Å². The number of nitrogens with one attached hydrogen (secondary N) is 1. The van der Waals surface area contributed by atoms with Gasteiger partial charge in [-0.2, -0.15) is 0 Å². The molecule has 0 amide bonds. The molecule has 4 aromatic carbocycles. The van der Waals surface area contributed by atoms with Crippen LogP contribution < -0.4 is 14.8 Å². The number of methoxy groups -OCH3 is 1. The monoisotopic (exact) mass is 607 g/mol. The standard InChI is InChI=1S/C25H20BrClINO2/c1-30-24-12-16(14-29-19-9-10-21(26)22(27)13-19)11-23(28)25(24)31-15-18-7-4-6-17-5-2-3-8-20(17)18/h2-13,29H,14-15H2,1H3. The second-order valence-corrected chi connectivity index (χ2v) is 9.44. The van der Waals surface area contributed by atoms with Gasteiger partial charge in [-0.15, -0.1) is 0 Å². The summed E-state index contributed by atoms with van der Waals surface area (Å²) in [7, 11) is 1.67. The van der Waals surface area contributed by atoms with E-state index in [-0.39, 0.29) is 0 Å². The Hall–Kier alpha value is -1.96. The first kappa shape index (κ1) is 22.2. The van der Waals surface area contributed by atoms with Gasteiger partial charge in [0.05, 0.1) is 15.7 Å². The predicted molar refractivity (Wildman–Crippen MR) is 140 cm³/mol. The Morgan fingerprint density at radius 3 is 2.61 bits per heavy atom. The molecule has 0 heterocycles. The van der Waals surface area contributed by atoms with Gasteiger partial charge in [0.25, 0.3) is 0 Å². The van der Waals surface area contributed by atoms with Gasteiger partial charge in [0.2, 0.25) is 0 Å². The van der Waals surface area contributed by atoms with Crippen molar-refractivity contribution in [1.29, 1.82) is 0 Å². The number of halogens is 3. The Balaban J connectivity index is 1.51. The van der Waals surface area contributed by atoms with Crippen molar-refractivity contribution in [2.45, 2.75) is 13.2 Å². The van der Waals surface area contributed by atoms with Crippen LogP contribution in [0.2, 0.25) is 5.02 Å². The first-order valence-electron chi connectivity index (χ1n) is 9.70. The number of hydrogen-bond acceptors (Lipinski definition) is 3. The van der Waals surface area contributed by atoms with Crippen LogP contribution in [0.25, 0.3) is 10.8 Å². The van der Waals surface area contributed by atoms with Crippen molar-refractivity contribution in [3.05, 3.63) is 97.0 Å². The summed E-state index contributed by atoms with van der Waals surface area (Å²) in [6.45, 7) is 1.12. The maximum absolute atomic E-state index is 6.22. The van der Waals surface area contributed by atoms with E-state index in [9.17, 15) is 0 Å². The zero-order valence-corrected chi connectivity index (χ0v) is 21.3. The summed E-state index contributed by atoms with van der Waals surface area (Å²) in [4.78, 5) is 0. The van der Waals surface area contributed by atoms with Crippen molar-refractivity contribution in [2.24, 2.45) is 0 Å². The zero-order chi connectivity index (χ0) is 21.8. The van der Waals surface area contributed by atoms with Crippen LogP contribution in [-0.2, 0) is 13.2 Å². The molecule has 0 radical (unpaired) electrons. The third-order valence-electron chi connectivity index (χ3n) is 4.96. The van der Waals surface area contributed by atoms with E-state index < -0.39 is 0 Å². The van der Waals surface area contributed by atoms with Crippen LogP contribution in [0.15, 0.2) is 77.3 Å². The minimum atomic E-state index is 0.475. The third kappa shape index (κ3) is 5.27. The van der Waals surface area contributed by atoms with Crippen LogP contribution in [0.3, 0.4) is 0 Å². The second kappa shape index (κ2) is 10.1. The van der Waals surface area contributed by atoms with Gasteiger partial charge in [0.1, 0.15) is 6.61 Å². The van der Waals surface area contributed by atoms with Crippen molar-refractivity contribution in [1.82, 2.24) is 0 Å². The maximum atomic E-state index is 6.22. The van der Waals surface area contributed by atoms with Gasteiger partial charge in [-0.25, -0.2) is 0 Å². The largest absolute Gasteiger partial charge is 0.493 e. The third-order valence-corrected chi connectivity index (χ3v) is 6.99. The summed E-state index contributed by atoms with van der Waals surface area (Å²) in [6.07, 6.45) is 0. The first-order chi connectivity index (χ1) is 15.0. The van der Waals surface area contributed by atoms with Crippen molar-refractivity contribution < 1.29 is 9.47 Å². The average Bonchev–Trinajstić information content (AvgIpc) is 2.78. The summed E-state index contributed by atoms with van der Waals surface area (Å²) < 4.78 is 13.7. The van der Waals surface area contributed by atoms with Gasteiger partial charge in [0, 0.05) is 16.7 Å². The molecule has 0 unspecified atom stereocenters. The van der Waals surface area contributed by atoms with Crippen LogP contribution in [0, 0.1) is 3.57 Å². The molecule has 4 aromatic rings. The molecule has 0 saturated heterocycles. The average molecular weight is 609 g/mol. The highest BCUT2D eigenvalue weighted by atomic mass is 127. The molecule has 4 rings (SSSR count). The fraction of sp³-hybridized carbons (Fsp3) is 0.120. The SMILES string of the molecule is COc1cc(CNc2ccc(Br)c(Cl)c2)cc(I)c1OCc1cccc2ccccc12. The number of ether oxygens (including phenoxy) is 2. The Morgan fingerprint density at radius 2 is 1.81 bits per heavy atom. The molecule has 0 aliphatic rings. The fourth-order valence-corrected chi connectivity index (χ4v) is 4.64. The lowest BCUT2D eigenvalue weighted by Crippen LogP contribution is -2.04. The van der Waals surface area contributed by atoms with Crippen LogP contribution in [0.4, 0.5) is 5.69 Å². The summed E-state index contributed by atoms with van der Waals surface area (Å²) in [5, 5.41) is 6.49. The van der Waals surface area contributed by atoms with E-state index in [1.54, 1.807) is 7.11 Å². The molecule has 1 N–H and O–H groups in total. The fourth-order valence-electron chi connectivity index (χ4n) is 3.39.